The van der Waals surface area contributed by atoms with Gasteiger partial charge in [-0.1, -0.05) is 18.2 Å². The summed E-state index contributed by atoms with van der Waals surface area (Å²) in [5, 5.41) is 2.99. The molecule has 5 rings (SSSR count). The summed E-state index contributed by atoms with van der Waals surface area (Å²) in [6, 6.07) is 11.1. The van der Waals surface area contributed by atoms with Crippen molar-refractivity contribution in [3.8, 4) is 5.75 Å². The predicted octanol–water partition coefficient (Wildman–Crippen LogP) is 2.49. The van der Waals surface area contributed by atoms with Gasteiger partial charge < -0.3 is 10.1 Å². The Morgan fingerprint density at radius 2 is 2.10 bits per heavy atom. The van der Waals surface area contributed by atoms with E-state index in [4.69, 9.17) is 4.74 Å². The minimum atomic E-state index is -3.78. The van der Waals surface area contributed by atoms with Gasteiger partial charge in [-0.2, -0.15) is 13.1 Å². The zero-order chi connectivity index (χ0) is 21.4. The molecule has 2 aliphatic rings. The van der Waals surface area contributed by atoms with Gasteiger partial charge >= 0.3 is 0 Å². The number of aryl methyl sites for hydroxylation is 1. The van der Waals surface area contributed by atoms with Crippen LogP contribution in [0.2, 0.25) is 0 Å². The Balaban J connectivity index is 1.37. The number of ether oxygens (including phenoxy) is 1. The molecule has 0 atom stereocenters. The summed E-state index contributed by atoms with van der Waals surface area (Å²) in [7, 11) is -3.78. The third-order valence-electron chi connectivity index (χ3n) is 5.52. The number of carbonyl (C=O) groups excluding carboxylic acids is 1. The van der Waals surface area contributed by atoms with E-state index in [-0.39, 0.29) is 30.5 Å². The molecular weight excluding hydrogens is 436 g/mol. The van der Waals surface area contributed by atoms with E-state index in [1.165, 1.54) is 4.31 Å². The number of nitrogens with one attached hydrogen (secondary N) is 1. The van der Waals surface area contributed by atoms with Gasteiger partial charge in [0.15, 0.2) is 0 Å². The topological polar surface area (TPSA) is 101 Å². The lowest BCUT2D eigenvalue weighted by Crippen LogP contribution is -2.32. The summed E-state index contributed by atoms with van der Waals surface area (Å²) in [5.41, 5.74) is 2.75. The quantitative estimate of drug-likeness (QED) is 0.609. The Bertz CT molecular complexity index is 1240. The molecule has 1 fully saturated rings. The number of hydrogen-bond acceptors (Lipinski definition) is 7. The molecule has 2 heterocycles. The summed E-state index contributed by atoms with van der Waals surface area (Å²) >= 11 is 0.999. The summed E-state index contributed by atoms with van der Waals surface area (Å²) < 4.78 is 42.4. The molecule has 31 heavy (non-hydrogen) atoms. The minimum absolute atomic E-state index is 0.0582. The van der Waals surface area contributed by atoms with Gasteiger partial charge in [-0.3, -0.25) is 4.79 Å². The molecule has 1 aliphatic heterocycles. The van der Waals surface area contributed by atoms with Crippen LogP contribution in [0.5, 0.6) is 5.75 Å². The van der Waals surface area contributed by atoms with E-state index >= 15 is 0 Å². The maximum atomic E-state index is 13.4. The van der Waals surface area contributed by atoms with Crippen LogP contribution in [-0.2, 0) is 27.8 Å². The molecule has 10 heteroatoms. The lowest BCUT2D eigenvalue weighted by molar-refractivity contribution is -0.121. The average Bonchev–Trinajstić information content (AvgIpc) is 3.49. The molecule has 8 nitrogen and oxygen atoms in total. The molecule has 1 aromatic heterocycles. The molecular formula is C21H22N4O4S2. The smallest absolute Gasteiger partial charge is 0.245 e. The van der Waals surface area contributed by atoms with Crippen molar-refractivity contribution >= 4 is 38.7 Å². The fourth-order valence-electron chi connectivity index (χ4n) is 3.70. The van der Waals surface area contributed by atoms with E-state index in [1.807, 2.05) is 18.2 Å². The Kier molecular flexibility index (Phi) is 5.37. The van der Waals surface area contributed by atoms with Crippen molar-refractivity contribution < 1.29 is 17.9 Å². The minimum Gasteiger partial charge on any atom is -0.492 e. The van der Waals surface area contributed by atoms with E-state index < -0.39 is 10.0 Å². The van der Waals surface area contributed by atoms with E-state index in [2.05, 4.69) is 14.1 Å². The third-order valence-corrected chi connectivity index (χ3v) is 7.94. The predicted molar refractivity (Wildman–Crippen MR) is 116 cm³/mol. The average molecular weight is 459 g/mol. The van der Waals surface area contributed by atoms with Crippen molar-refractivity contribution in [3.05, 3.63) is 47.5 Å². The van der Waals surface area contributed by atoms with Crippen LogP contribution >= 0.6 is 11.7 Å². The molecule has 1 amide bonds. The lowest BCUT2D eigenvalue weighted by Gasteiger charge is -2.20. The van der Waals surface area contributed by atoms with Gasteiger partial charge in [-0.15, -0.1) is 0 Å². The van der Waals surface area contributed by atoms with Gasteiger partial charge in [0.05, 0.1) is 11.7 Å². The van der Waals surface area contributed by atoms with Crippen LogP contribution in [-0.4, -0.2) is 46.6 Å². The number of aromatic nitrogens is 2. The fourth-order valence-corrected chi connectivity index (χ4v) is 5.85. The zero-order valence-electron chi connectivity index (χ0n) is 16.8. The molecule has 0 bridgehead atoms. The van der Waals surface area contributed by atoms with Crippen LogP contribution < -0.4 is 10.1 Å². The molecule has 3 aromatic rings. The van der Waals surface area contributed by atoms with Crippen LogP contribution in [0.4, 0.5) is 0 Å². The molecule has 0 saturated heterocycles. The second-order valence-corrected chi connectivity index (χ2v) is 10.3. The highest BCUT2D eigenvalue weighted by molar-refractivity contribution is 7.89. The highest BCUT2D eigenvalue weighted by atomic mass is 32.2. The van der Waals surface area contributed by atoms with Gasteiger partial charge in [0.2, 0.25) is 15.9 Å². The molecule has 162 valence electrons. The van der Waals surface area contributed by atoms with Crippen molar-refractivity contribution in [2.75, 3.05) is 13.2 Å². The number of hydrogen-bond donors (Lipinski definition) is 1. The number of fused-ring (bicyclic) bond motifs is 2. The van der Waals surface area contributed by atoms with Crippen molar-refractivity contribution in [2.45, 2.75) is 43.2 Å². The highest BCUT2D eigenvalue weighted by Crippen LogP contribution is 2.30. The van der Waals surface area contributed by atoms with Gasteiger partial charge in [0.1, 0.15) is 28.3 Å². The fraction of sp³-hybridized carbons (Fsp3) is 0.381. The first kappa shape index (κ1) is 20.3. The zero-order valence-corrected chi connectivity index (χ0v) is 18.4. The van der Waals surface area contributed by atoms with Gasteiger partial charge in [-0.05, 0) is 43.0 Å². The number of rotatable bonds is 6. The van der Waals surface area contributed by atoms with Crippen LogP contribution in [0, 0.1) is 0 Å². The van der Waals surface area contributed by atoms with Crippen molar-refractivity contribution in [1.82, 2.24) is 18.4 Å². The summed E-state index contributed by atoms with van der Waals surface area (Å²) in [5.74, 6) is 0.736. The molecule has 0 unspecified atom stereocenters. The number of benzene rings is 2. The first-order valence-corrected chi connectivity index (χ1v) is 12.4. The standard InChI is InChI=1S/C21H22N4O4S2/c26-20(22-16-6-7-16)9-5-14-4-8-18-15(12-14)13-25(10-11-29-18)31(27,28)19-3-1-2-17-21(19)24-30-23-17/h1-4,8,12,16H,5-7,9-11,13H2,(H,22,26). The highest BCUT2D eigenvalue weighted by Gasteiger charge is 2.30. The largest absolute Gasteiger partial charge is 0.492 e. The number of carbonyl (C=O) groups is 1. The summed E-state index contributed by atoms with van der Waals surface area (Å²) in [4.78, 5) is 12.2. The van der Waals surface area contributed by atoms with Crippen molar-refractivity contribution in [2.24, 2.45) is 0 Å². The second kappa shape index (κ2) is 8.18. The molecule has 2 aromatic carbocycles. The number of amides is 1. The number of sulfonamides is 1. The maximum Gasteiger partial charge on any atom is 0.245 e. The molecule has 1 N–H and O–H groups in total. The van der Waals surface area contributed by atoms with Crippen molar-refractivity contribution in [1.29, 1.82) is 0 Å². The Morgan fingerprint density at radius 3 is 2.94 bits per heavy atom. The van der Waals surface area contributed by atoms with Gasteiger partial charge in [0, 0.05) is 31.1 Å². The Hall–Kier alpha value is -2.56. The normalized spacial score (nSPS) is 17.0. The molecule has 0 spiro atoms. The SMILES string of the molecule is O=C(CCc1ccc2c(c1)CN(S(=O)(=O)c1cccc3nsnc13)CCO2)NC1CC1. The van der Waals surface area contributed by atoms with E-state index in [1.54, 1.807) is 18.2 Å². The van der Waals surface area contributed by atoms with E-state index in [0.29, 0.717) is 35.7 Å². The van der Waals surface area contributed by atoms with E-state index in [9.17, 15) is 13.2 Å². The maximum absolute atomic E-state index is 13.4. The van der Waals surface area contributed by atoms with Crippen LogP contribution in [0.3, 0.4) is 0 Å². The lowest BCUT2D eigenvalue weighted by atomic mass is 10.1. The molecule has 1 saturated carbocycles. The summed E-state index contributed by atoms with van der Waals surface area (Å²) in [6.07, 6.45) is 3.15. The van der Waals surface area contributed by atoms with Crippen LogP contribution in [0.25, 0.3) is 11.0 Å². The molecule has 1 aliphatic carbocycles. The summed E-state index contributed by atoms with van der Waals surface area (Å²) in [6.45, 7) is 0.707. The monoisotopic (exact) mass is 458 g/mol. The number of nitrogens with zero attached hydrogens (tertiary/aromatic N) is 3. The second-order valence-electron chi connectivity index (χ2n) is 7.86. The van der Waals surface area contributed by atoms with Crippen LogP contribution in [0.15, 0.2) is 41.3 Å². The van der Waals surface area contributed by atoms with Gasteiger partial charge in [0.25, 0.3) is 0 Å². The van der Waals surface area contributed by atoms with E-state index in [0.717, 1.165) is 35.7 Å². The Morgan fingerprint density at radius 1 is 1.23 bits per heavy atom. The van der Waals surface area contributed by atoms with Crippen LogP contribution in [0.1, 0.15) is 30.4 Å². The third kappa shape index (κ3) is 4.28. The molecule has 0 radical (unpaired) electrons. The van der Waals surface area contributed by atoms with Crippen molar-refractivity contribution in [3.63, 3.8) is 0 Å². The first-order valence-electron chi connectivity index (χ1n) is 10.3. The first-order chi connectivity index (χ1) is 15.0. The van der Waals surface area contributed by atoms with Gasteiger partial charge in [-0.25, -0.2) is 8.42 Å². The Labute approximate surface area is 184 Å².